The van der Waals surface area contributed by atoms with E-state index in [2.05, 4.69) is 0 Å². The van der Waals surface area contributed by atoms with Crippen LogP contribution in [0.4, 0.5) is 4.39 Å². The van der Waals surface area contributed by atoms with E-state index >= 15 is 0 Å². The van der Waals surface area contributed by atoms with E-state index in [0.29, 0.717) is 17.5 Å². The number of halogens is 1. The molecule has 0 atom stereocenters. The van der Waals surface area contributed by atoms with Crippen LogP contribution in [0.3, 0.4) is 0 Å². The molecule has 2 heteroatoms. The van der Waals surface area contributed by atoms with Gasteiger partial charge in [-0.25, -0.2) is 4.39 Å². The van der Waals surface area contributed by atoms with Crippen LogP contribution in [-0.4, -0.2) is 11.7 Å². The molecule has 0 heterocycles. The molecule has 0 bridgehead atoms. The van der Waals surface area contributed by atoms with Crippen molar-refractivity contribution in [3.05, 3.63) is 34.6 Å². The molecule has 0 aliphatic rings. The molecule has 0 fully saturated rings. The van der Waals surface area contributed by atoms with Gasteiger partial charge in [-0.1, -0.05) is 12.1 Å². The highest BCUT2D eigenvalue weighted by atomic mass is 19.1. The predicted molar refractivity (Wildman–Crippen MR) is 46.7 cm³/mol. The van der Waals surface area contributed by atoms with Crippen molar-refractivity contribution in [3.8, 4) is 0 Å². The molecule has 0 spiro atoms. The number of aliphatic hydroxyl groups is 1. The molecule has 1 nitrogen and oxygen atoms in total. The summed E-state index contributed by atoms with van der Waals surface area (Å²) in [6.07, 6.45) is 0.599. The van der Waals surface area contributed by atoms with Crippen LogP contribution in [0.1, 0.15) is 16.7 Å². The van der Waals surface area contributed by atoms with Crippen LogP contribution in [0.25, 0.3) is 0 Å². The Kier molecular flexibility index (Phi) is 2.82. The molecule has 1 rings (SSSR count). The number of benzene rings is 1. The van der Waals surface area contributed by atoms with Crippen molar-refractivity contribution >= 4 is 0 Å². The van der Waals surface area contributed by atoms with Crippen molar-refractivity contribution in [1.82, 2.24) is 0 Å². The standard InChI is InChI=1S/C10H13FO/c1-7-5-9(3-4-12)6-8(2)10(7)11/h5-6,12H,3-4H2,1-2H3. The van der Waals surface area contributed by atoms with E-state index in [4.69, 9.17) is 5.11 Å². The van der Waals surface area contributed by atoms with E-state index in [1.807, 2.05) is 0 Å². The first-order valence-electron chi connectivity index (χ1n) is 4.01. The summed E-state index contributed by atoms with van der Waals surface area (Å²) in [4.78, 5) is 0. The zero-order valence-electron chi connectivity index (χ0n) is 7.39. The molecule has 1 aromatic rings. The highest BCUT2D eigenvalue weighted by Crippen LogP contribution is 2.14. The number of aliphatic hydroxyl groups excluding tert-OH is 1. The number of rotatable bonds is 2. The summed E-state index contributed by atoms with van der Waals surface area (Å²) in [5.41, 5.74) is 2.30. The largest absolute Gasteiger partial charge is 0.396 e. The lowest BCUT2D eigenvalue weighted by atomic mass is 10.0. The minimum absolute atomic E-state index is 0.116. The molecule has 1 aromatic carbocycles. The fourth-order valence-electron chi connectivity index (χ4n) is 1.31. The quantitative estimate of drug-likeness (QED) is 0.715. The maximum Gasteiger partial charge on any atom is 0.129 e. The van der Waals surface area contributed by atoms with E-state index in [1.54, 1.807) is 26.0 Å². The first kappa shape index (κ1) is 9.20. The highest BCUT2D eigenvalue weighted by Gasteiger charge is 2.03. The lowest BCUT2D eigenvalue weighted by molar-refractivity contribution is 0.299. The van der Waals surface area contributed by atoms with Crippen LogP contribution in [0.5, 0.6) is 0 Å². The van der Waals surface area contributed by atoms with Crippen molar-refractivity contribution in [2.24, 2.45) is 0 Å². The Morgan fingerprint density at radius 1 is 1.25 bits per heavy atom. The van der Waals surface area contributed by atoms with Crippen molar-refractivity contribution < 1.29 is 9.50 Å². The van der Waals surface area contributed by atoms with Gasteiger partial charge in [-0.3, -0.25) is 0 Å². The Hall–Kier alpha value is -0.890. The van der Waals surface area contributed by atoms with Gasteiger partial charge in [0.1, 0.15) is 5.82 Å². The summed E-state index contributed by atoms with van der Waals surface area (Å²) in [6.45, 7) is 3.59. The Balaban J connectivity index is 3.04. The molecule has 0 radical (unpaired) electrons. The van der Waals surface area contributed by atoms with E-state index in [0.717, 1.165) is 5.56 Å². The average Bonchev–Trinajstić information content (AvgIpc) is 2.01. The summed E-state index contributed by atoms with van der Waals surface area (Å²) in [5.74, 6) is -0.142. The number of aryl methyl sites for hydroxylation is 2. The van der Waals surface area contributed by atoms with Gasteiger partial charge in [-0.05, 0) is 37.0 Å². The second-order valence-electron chi connectivity index (χ2n) is 3.02. The molecule has 66 valence electrons. The third kappa shape index (κ3) is 1.83. The summed E-state index contributed by atoms with van der Waals surface area (Å²) in [6, 6.07) is 3.55. The lowest BCUT2D eigenvalue weighted by Crippen LogP contribution is -1.95. The molecule has 0 saturated heterocycles. The van der Waals surface area contributed by atoms with Gasteiger partial charge in [-0.15, -0.1) is 0 Å². The zero-order chi connectivity index (χ0) is 9.14. The maximum absolute atomic E-state index is 13.1. The molecular formula is C10H13FO. The van der Waals surface area contributed by atoms with Crippen LogP contribution in [0.2, 0.25) is 0 Å². The molecule has 0 aromatic heterocycles. The Labute approximate surface area is 71.9 Å². The van der Waals surface area contributed by atoms with Crippen LogP contribution < -0.4 is 0 Å². The number of hydrogen-bond acceptors (Lipinski definition) is 1. The first-order valence-corrected chi connectivity index (χ1v) is 4.01. The van der Waals surface area contributed by atoms with Gasteiger partial charge >= 0.3 is 0 Å². The van der Waals surface area contributed by atoms with Gasteiger partial charge < -0.3 is 5.11 Å². The maximum atomic E-state index is 13.1. The summed E-state index contributed by atoms with van der Waals surface area (Å²) in [5, 5.41) is 8.68. The summed E-state index contributed by atoms with van der Waals surface area (Å²) in [7, 11) is 0. The van der Waals surface area contributed by atoms with Crippen LogP contribution >= 0.6 is 0 Å². The molecule has 0 amide bonds. The summed E-state index contributed by atoms with van der Waals surface area (Å²) >= 11 is 0. The first-order chi connectivity index (χ1) is 5.65. The molecule has 12 heavy (non-hydrogen) atoms. The Morgan fingerprint density at radius 3 is 2.17 bits per heavy atom. The molecule has 0 saturated carbocycles. The Morgan fingerprint density at radius 2 is 1.75 bits per heavy atom. The van der Waals surface area contributed by atoms with Gasteiger partial charge in [0.15, 0.2) is 0 Å². The zero-order valence-corrected chi connectivity index (χ0v) is 7.39. The van der Waals surface area contributed by atoms with Crippen molar-refractivity contribution in [2.45, 2.75) is 20.3 Å². The molecular weight excluding hydrogens is 155 g/mol. The molecule has 1 N–H and O–H groups in total. The van der Waals surface area contributed by atoms with Gasteiger partial charge in [-0.2, -0.15) is 0 Å². The second kappa shape index (κ2) is 3.68. The smallest absolute Gasteiger partial charge is 0.129 e. The Bertz CT molecular complexity index is 258. The van der Waals surface area contributed by atoms with E-state index in [9.17, 15) is 4.39 Å². The van der Waals surface area contributed by atoms with Gasteiger partial charge in [0.2, 0.25) is 0 Å². The number of hydrogen-bond donors (Lipinski definition) is 1. The molecule has 0 unspecified atom stereocenters. The second-order valence-corrected chi connectivity index (χ2v) is 3.02. The fraction of sp³-hybridized carbons (Fsp3) is 0.400. The highest BCUT2D eigenvalue weighted by molar-refractivity contribution is 5.30. The van der Waals surface area contributed by atoms with Gasteiger partial charge in [0, 0.05) is 6.61 Å². The van der Waals surface area contributed by atoms with Crippen molar-refractivity contribution in [2.75, 3.05) is 6.61 Å². The normalized spacial score (nSPS) is 10.3. The van der Waals surface area contributed by atoms with Crippen molar-refractivity contribution in [1.29, 1.82) is 0 Å². The van der Waals surface area contributed by atoms with Crippen molar-refractivity contribution in [3.63, 3.8) is 0 Å². The fourth-order valence-corrected chi connectivity index (χ4v) is 1.31. The summed E-state index contributed by atoms with van der Waals surface area (Å²) < 4.78 is 13.1. The third-order valence-corrected chi connectivity index (χ3v) is 1.90. The third-order valence-electron chi connectivity index (χ3n) is 1.90. The lowest BCUT2D eigenvalue weighted by Gasteiger charge is -2.04. The van der Waals surface area contributed by atoms with Crippen LogP contribution in [0, 0.1) is 19.7 Å². The van der Waals surface area contributed by atoms with E-state index in [-0.39, 0.29) is 12.4 Å². The van der Waals surface area contributed by atoms with E-state index in [1.165, 1.54) is 0 Å². The van der Waals surface area contributed by atoms with Crippen LogP contribution in [-0.2, 0) is 6.42 Å². The predicted octanol–water partition coefficient (Wildman–Crippen LogP) is 1.98. The molecule has 0 aliphatic carbocycles. The van der Waals surface area contributed by atoms with E-state index < -0.39 is 0 Å². The SMILES string of the molecule is Cc1cc(CCO)cc(C)c1F. The van der Waals surface area contributed by atoms with Gasteiger partial charge in [0.05, 0.1) is 0 Å². The van der Waals surface area contributed by atoms with Crippen LogP contribution in [0.15, 0.2) is 12.1 Å². The monoisotopic (exact) mass is 168 g/mol. The average molecular weight is 168 g/mol. The minimum Gasteiger partial charge on any atom is -0.396 e. The van der Waals surface area contributed by atoms with Gasteiger partial charge in [0.25, 0.3) is 0 Å². The molecule has 0 aliphatic heterocycles. The topological polar surface area (TPSA) is 20.2 Å². The minimum atomic E-state index is -0.142.